The van der Waals surface area contributed by atoms with Gasteiger partial charge in [0.15, 0.2) is 0 Å². The summed E-state index contributed by atoms with van der Waals surface area (Å²) in [5.74, 6) is 7.05. The standard InChI is InChI=1S/C14H15N5/c1-10-17-12-4-2-3-5-13(12)19(10)9-11-6-7-16-14(8-11)18-15/h2-8H,9,15H2,1H3,(H,16,18). The van der Waals surface area contributed by atoms with Gasteiger partial charge < -0.3 is 9.99 Å². The lowest BCUT2D eigenvalue weighted by Crippen LogP contribution is -2.09. The lowest BCUT2D eigenvalue weighted by molar-refractivity contribution is 0.785. The number of nitrogen functional groups attached to an aromatic ring is 1. The molecular formula is C14H15N5. The fourth-order valence-corrected chi connectivity index (χ4v) is 2.23. The van der Waals surface area contributed by atoms with Gasteiger partial charge in [-0.1, -0.05) is 12.1 Å². The monoisotopic (exact) mass is 253 g/mol. The van der Waals surface area contributed by atoms with E-state index in [1.165, 1.54) is 0 Å². The topological polar surface area (TPSA) is 68.8 Å². The van der Waals surface area contributed by atoms with Crippen molar-refractivity contribution in [2.45, 2.75) is 13.5 Å². The summed E-state index contributed by atoms with van der Waals surface area (Å²) in [7, 11) is 0. The Bertz CT molecular complexity index is 717. The van der Waals surface area contributed by atoms with E-state index in [9.17, 15) is 0 Å². The van der Waals surface area contributed by atoms with Gasteiger partial charge in [-0.15, -0.1) is 0 Å². The number of benzene rings is 1. The Morgan fingerprint density at radius 3 is 2.95 bits per heavy atom. The van der Waals surface area contributed by atoms with Crippen molar-refractivity contribution < 1.29 is 0 Å². The smallest absolute Gasteiger partial charge is 0.140 e. The normalized spacial score (nSPS) is 10.8. The van der Waals surface area contributed by atoms with Gasteiger partial charge in [0.2, 0.25) is 0 Å². The van der Waals surface area contributed by atoms with Crippen molar-refractivity contribution in [2.75, 3.05) is 5.43 Å². The van der Waals surface area contributed by atoms with Crippen molar-refractivity contribution >= 4 is 16.9 Å². The largest absolute Gasteiger partial charge is 0.324 e. The highest BCUT2D eigenvalue weighted by Crippen LogP contribution is 2.17. The van der Waals surface area contributed by atoms with Crippen LogP contribution in [0.25, 0.3) is 11.0 Å². The first kappa shape index (κ1) is 11.7. The fourth-order valence-electron chi connectivity index (χ4n) is 2.23. The van der Waals surface area contributed by atoms with Crippen LogP contribution in [-0.4, -0.2) is 14.5 Å². The molecule has 0 atom stereocenters. The number of rotatable bonds is 3. The number of para-hydroxylation sites is 2. The van der Waals surface area contributed by atoms with Gasteiger partial charge in [-0.25, -0.2) is 15.8 Å². The molecule has 0 aliphatic carbocycles. The maximum atomic E-state index is 5.38. The predicted octanol–water partition coefficient (Wildman–Crippen LogP) is 2.07. The zero-order chi connectivity index (χ0) is 13.2. The highest BCUT2D eigenvalue weighted by Gasteiger charge is 2.07. The van der Waals surface area contributed by atoms with E-state index in [-0.39, 0.29) is 0 Å². The Kier molecular flexibility index (Phi) is 2.89. The van der Waals surface area contributed by atoms with Crippen LogP contribution in [0, 0.1) is 6.92 Å². The van der Waals surface area contributed by atoms with Crippen LogP contribution in [0.3, 0.4) is 0 Å². The van der Waals surface area contributed by atoms with E-state index in [4.69, 9.17) is 5.84 Å². The highest BCUT2D eigenvalue weighted by atomic mass is 15.2. The second kappa shape index (κ2) is 4.70. The second-order valence-corrected chi connectivity index (χ2v) is 4.43. The SMILES string of the molecule is Cc1nc2ccccc2n1Cc1ccnc(NN)c1. The second-order valence-electron chi connectivity index (χ2n) is 4.43. The zero-order valence-corrected chi connectivity index (χ0v) is 10.7. The minimum Gasteiger partial charge on any atom is -0.324 e. The Hall–Kier alpha value is -2.40. The molecule has 3 aromatic rings. The zero-order valence-electron chi connectivity index (χ0n) is 10.7. The number of nitrogens with one attached hydrogen (secondary N) is 1. The van der Waals surface area contributed by atoms with Crippen molar-refractivity contribution in [1.82, 2.24) is 14.5 Å². The lowest BCUT2D eigenvalue weighted by atomic mass is 10.2. The molecule has 0 amide bonds. The average Bonchev–Trinajstić information content (AvgIpc) is 2.76. The van der Waals surface area contributed by atoms with E-state index >= 15 is 0 Å². The third kappa shape index (κ3) is 2.15. The molecule has 0 radical (unpaired) electrons. The van der Waals surface area contributed by atoms with Gasteiger partial charge >= 0.3 is 0 Å². The molecular weight excluding hydrogens is 238 g/mol. The van der Waals surface area contributed by atoms with Crippen LogP contribution in [0.4, 0.5) is 5.82 Å². The van der Waals surface area contributed by atoms with Crippen LogP contribution in [0.15, 0.2) is 42.6 Å². The van der Waals surface area contributed by atoms with Crippen molar-refractivity contribution in [3.05, 3.63) is 54.0 Å². The fraction of sp³-hybridized carbons (Fsp3) is 0.143. The summed E-state index contributed by atoms with van der Waals surface area (Å²) in [6.45, 7) is 2.77. The average molecular weight is 253 g/mol. The number of hydrogen-bond donors (Lipinski definition) is 2. The number of nitrogens with two attached hydrogens (primary N) is 1. The first-order valence-corrected chi connectivity index (χ1v) is 6.11. The third-order valence-electron chi connectivity index (χ3n) is 3.16. The molecule has 1 aromatic carbocycles. The van der Waals surface area contributed by atoms with E-state index in [1.54, 1.807) is 6.20 Å². The Morgan fingerprint density at radius 1 is 1.26 bits per heavy atom. The van der Waals surface area contributed by atoms with Crippen molar-refractivity contribution in [3.63, 3.8) is 0 Å². The summed E-state index contributed by atoms with van der Waals surface area (Å²) in [6, 6.07) is 12.1. The molecule has 2 aromatic heterocycles. The van der Waals surface area contributed by atoms with Gasteiger partial charge in [-0.05, 0) is 36.8 Å². The lowest BCUT2D eigenvalue weighted by Gasteiger charge is -2.08. The molecule has 5 nitrogen and oxygen atoms in total. The van der Waals surface area contributed by atoms with Crippen LogP contribution < -0.4 is 11.3 Å². The molecule has 0 bridgehead atoms. The predicted molar refractivity (Wildman–Crippen MR) is 75.6 cm³/mol. The quantitative estimate of drug-likeness (QED) is 0.554. The first-order valence-electron chi connectivity index (χ1n) is 6.11. The summed E-state index contributed by atoms with van der Waals surface area (Å²) in [4.78, 5) is 8.67. The van der Waals surface area contributed by atoms with Crippen molar-refractivity contribution in [3.8, 4) is 0 Å². The summed E-state index contributed by atoms with van der Waals surface area (Å²) in [5.41, 5.74) is 5.85. The van der Waals surface area contributed by atoms with Crippen LogP contribution in [0.2, 0.25) is 0 Å². The Balaban J connectivity index is 2.02. The van der Waals surface area contributed by atoms with E-state index in [1.807, 2.05) is 37.3 Å². The maximum Gasteiger partial charge on any atom is 0.140 e. The van der Waals surface area contributed by atoms with Crippen molar-refractivity contribution in [1.29, 1.82) is 0 Å². The van der Waals surface area contributed by atoms with Gasteiger partial charge in [0.05, 0.1) is 11.0 Å². The molecule has 0 saturated heterocycles. The summed E-state index contributed by atoms with van der Waals surface area (Å²) in [5, 5.41) is 0. The number of hydrogen-bond acceptors (Lipinski definition) is 4. The number of imidazole rings is 1. The van der Waals surface area contributed by atoms with Crippen molar-refractivity contribution in [2.24, 2.45) is 5.84 Å². The number of aryl methyl sites for hydroxylation is 1. The van der Waals surface area contributed by atoms with Gasteiger partial charge in [-0.2, -0.15) is 0 Å². The van der Waals surface area contributed by atoms with Crippen LogP contribution in [0.5, 0.6) is 0 Å². The number of fused-ring (bicyclic) bond motifs is 1. The van der Waals surface area contributed by atoms with Gasteiger partial charge in [0.25, 0.3) is 0 Å². The van der Waals surface area contributed by atoms with Gasteiger partial charge in [0.1, 0.15) is 11.6 Å². The van der Waals surface area contributed by atoms with Crippen LogP contribution in [0.1, 0.15) is 11.4 Å². The van der Waals surface area contributed by atoms with E-state index in [0.29, 0.717) is 5.82 Å². The maximum absolute atomic E-state index is 5.38. The van der Waals surface area contributed by atoms with Gasteiger partial charge in [0, 0.05) is 12.7 Å². The van der Waals surface area contributed by atoms with Crippen LogP contribution in [-0.2, 0) is 6.54 Å². The third-order valence-corrected chi connectivity index (χ3v) is 3.16. The van der Waals surface area contributed by atoms with E-state index in [0.717, 1.165) is 29.0 Å². The van der Waals surface area contributed by atoms with Crippen LogP contribution >= 0.6 is 0 Å². The highest BCUT2D eigenvalue weighted by molar-refractivity contribution is 5.75. The summed E-state index contributed by atoms with van der Waals surface area (Å²) >= 11 is 0. The molecule has 0 aliphatic heterocycles. The molecule has 3 N–H and O–H groups in total. The van der Waals surface area contributed by atoms with Gasteiger partial charge in [-0.3, -0.25) is 0 Å². The molecule has 0 spiro atoms. The number of anilines is 1. The molecule has 5 heteroatoms. The number of pyridine rings is 1. The molecule has 0 saturated carbocycles. The van der Waals surface area contributed by atoms with E-state index < -0.39 is 0 Å². The Morgan fingerprint density at radius 2 is 2.11 bits per heavy atom. The molecule has 96 valence electrons. The molecule has 2 heterocycles. The molecule has 0 unspecified atom stereocenters. The summed E-state index contributed by atoms with van der Waals surface area (Å²) in [6.07, 6.45) is 1.75. The molecule has 3 rings (SSSR count). The number of aromatic nitrogens is 3. The Labute approximate surface area is 111 Å². The minimum absolute atomic E-state index is 0.666. The number of hydrazine groups is 1. The van der Waals surface area contributed by atoms with E-state index in [2.05, 4.69) is 26.0 Å². The first-order chi connectivity index (χ1) is 9.28. The summed E-state index contributed by atoms with van der Waals surface area (Å²) < 4.78 is 2.19. The molecule has 19 heavy (non-hydrogen) atoms. The minimum atomic E-state index is 0.666. The molecule has 0 aliphatic rings. The molecule has 0 fully saturated rings. The number of nitrogens with zero attached hydrogens (tertiary/aromatic N) is 3.